The van der Waals surface area contributed by atoms with Crippen LogP contribution in [0.15, 0.2) is 29.3 Å². The number of aromatic nitrogens is 1. The third-order valence-electron chi connectivity index (χ3n) is 3.87. The summed E-state index contributed by atoms with van der Waals surface area (Å²) < 4.78 is 8.32. The number of nitrogens with zero attached hydrogens (tertiary/aromatic N) is 3. The molecule has 3 aromatic rings. The lowest BCUT2D eigenvalue weighted by Crippen LogP contribution is -2.20. The van der Waals surface area contributed by atoms with Gasteiger partial charge in [0.25, 0.3) is 5.91 Å². The molecule has 10 heteroatoms. The van der Waals surface area contributed by atoms with Gasteiger partial charge in [0.15, 0.2) is 4.80 Å². The highest BCUT2D eigenvalue weighted by molar-refractivity contribution is 7.17. The summed E-state index contributed by atoms with van der Waals surface area (Å²) in [6.45, 7) is 5.41. The van der Waals surface area contributed by atoms with Crippen molar-refractivity contribution in [3.63, 3.8) is 0 Å². The molecule has 27 heavy (non-hydrogen) atoms. The van der Waals surface area contributed by atoms with E-state index in [0.29, 0.717) is 29.6 Å². The van der Waals surface area contributed by atoms with E-state index < -0.39 is 10.8 Å². The Bertz CT molecular complexity index is 1080. The van der Waals surface area contributed by atoms with E-state index in [2.05, 4.69) is 4.99 Å². The topological polar surface area (TPSA) is 86.7 Å². The number of thiophene rings is 1. The van der Waals surface area contributed by atoms with Crippen LogP contribution in [0.1, 0.15) is 22.2 Å². The molecule has 1 amide bonds. The summed E-state index contributed by atoms with van der Waals surface area (Å²) >= 11 is 8.45. The van der Waals surface area contributed by atoms with Gasteiger partial charge in [0.05, 0.1) is 21.7 Å². The molecule has 0 bridgehead atoms. The predicted octanol–water partition coefficient (Wildman–Crippen LogP) is 4.41. The molecule has 0 unspecified atom stereocenters. The third-order valence-corrected chi connectivity index (χ3v) is 6.35. The summed E-state index contributed by atoms with van der Waals surface area (Å²) in [4.78, 5) is 27.8. The number of ether oxygens (including phenoxy) is 1. The Morgan fingerprint density at radius 1 is 1.33 bits per heavy atom. The molecule has 0 radical (unpaired) electrons. The molecule has 0 N–H and O–H groups in total. The third kappa shape index (κ3) is 4.11. The molecule has 0 atom stereocenters. The van der Waals surface area contributed by atoms with Gasteiger partial charge in [-0.15, -0.1) is 0 Å². The zero-order valence-electron chi connectivity index (χ0n) is 14.6. The molecule has 0 saturated heterocycles. The molecular formula is C17H16ClN3O4S2. The van der Waals surface area contributed by atoms with Gasteiger partial charge in [-0.1, -0.05) is 34.3 Å². The zero-order valence-corrected chi connectivity index (χ0v) is 17.0. The van der Waals surface area contributed by atoms with E-state index in [9.17, 15) is 14.9 Å². The number of hydrogen-bond acceptors (Lipinski definition) is 6. The van der Waals surface area contributed by atoms with Crippen LogP contribution in [-0.2, 0) is 11.3 Å². The summed E-state index contributed by atoms with van der Waals surface area (Å²) in [7, 11) is 0. The molecule has 0 saturated carbocycles. The lowest BCUT2D eigenvalue weighted by atomic mass is 10.2. The maximum atomic E-state index is 12.5. The van der Waals surface area contributed by atoms with Crippen molar-refractivity contribution in [3.05, 3.63) is 54.6 Å². The first-order chi connectivity index (χ1) is 12.9. The Balaban J connectivity index is 2.09. The van der Waals surface area contributed by atoms with E-state index in [-0.39, 0.29) is 9.88 Å². The molecule has 142 valence electrons. The number of amides is 1. The highest BCUT2D eigenvalue weighted by atomic mass is 35.5. The number of halogens is 1. The van der Waals surface area contributed by atoms with Crippen LogP contribution in [0.5, 0.6) is 0 Å². The summed E-state index contributed by atoms with van der Waals surface area (Å²) in [6, 6.07) is 6.45. The average Bonchev–Trinajstić information content (AvgIpc) is 3.24. The molecule has 1 aromatic carbocycles. The maximum absolute atomic E-state index is 12.5. The molecule has 0 spiro atoms. The van der Waals surface area contributed by atoms with Gasteiger partial charge in [-0.2, -0.15) is 4.99 Å². The van der Waals surface area contributed by atoms with Crippen molar-refractivity contribution in [2.75, 3.05) is 13.2 Å². The lowest BCUT2D eigenvalue weighted by molar-refractivity contribution is -0.380. The Hall–Kier alpha value is -2.07. The number of aryl methyl sites for hydroxylation is 1. The van der Waals surface area contributed by atoms with Gasteiger partial charge in [0, 0.05) is 24.2 Å². The highest BCUT2D eigenvalue weighted by Crippen LogP contribution is 2.28. The smallest absolute Gasteiger partial charge is 0.324 e. The van der Waals surface area contributed by atoms with Crippen LogP contribution < -0.4 is 4.80 Å². The number of carbonyl (C=O) groups excluding carboxylic acids is 1. The molecule has 0 fully saturated rings. The number of hydrogen-bond donors (Lipinski definition) is 0. The highest BCUT2D eigenvalue weighted by Gasteiger charge is 2.16. The summed E-state index contributed by atoms with van der Waals surface area (Å²) in [5, 5.41) is 11.4. The Morgan fingerprint density at radius 2 is 2.11 bits per heavy atom. The maximum Gasteiger partial charge on any atom is 0.324 e. The van der Waals surface area contributed by atoms with Crippen molar-refractivity contribution in [2.45, 2.75) is 20.4 Å². The van der Waals surface area contributed by atoms with Gasteiger partial charge in [-0.25, -0.2) is 0 Å². The van der Waals surface area contributed by atoms with Crippen LogP contribution in [0.3, 0.4) is 0 Å². The number of fused-ring (bicyclic) bond motifs is 1. The largest absolute Gasteiger partial charge is 0.380 e. The average molecular weight is 426 g/mol. The molecule has 0 aliphatic heterocycles. The number of rotatable bonds is 6. The van der Waals surface area contributed by atoms with E-state index in [1.807, 2.05) is 30.5 Å². The van der Waals surface area contributed by atoms with Crippen molar-refractivity contribution < 1.29 is 14.5 Å². The van der Waals surface area contributed by atoms with Crippen LogP contribution in [-0.4, -0.2) is 28.6 Å². The second-order valence-electron chi connectivity index (χ2n) is 5.56. The first kappa shape index (κ1) is 19.7. The van der Waals surface area contributed by atoms with E-state index in [1.54, 1.807) is 0 Å². The Kier molecular flexibility index (Phi) is 6.05. The van der Waals surface area contributed by atoms with E-state index in [0.717, 1.165) is 27.1 Å². The fourth-order valence-electron chi connectivity index (χ4n) is 2.59. The minimum Gasteiger partial charge on any atom is -0.380 e. The zero-order chi connectivity index (χ0) is 19.6. The van der Waals surface area contributed by atoms with Gasteiger partial charge in [0.1, 0.15) is 4.88 Å². The fraction of sp³-hybridized carbons (Fsp3) is 0.294. The van der Waals surface area contributed by atoms with Crippen molar-refractivity contribution in [1.29, 1.82) is 0 Å². The van der Waals surface area contributed by atoms with E-state index in [1.165, 1.54) is 23.5 Å². The van der Waals surface area contributed by atoms with Crippen LogP contribution in [0.2, 0.25) is 5.02 Å². The summed E-state index contributed by atoms with van der Waals surface area (Å²) in [5.41, 5.74) is 1.82. The molecule has 2 heterocycles. The quantitative estimate of drug-likeness (QED) is 0.332. The van der Waals surface area contributed by atoms with Gasteiger partial charge in [-0.3, -0.25) is 14.9 Å². The number of benzene rings is 1. The van der Waals surface area contributed by atoms with E-state index in [4.69, 9.17) is 16.3 Å². The first-order valence-electron chi connectivity index (χ1n) is 8.11. The monoisotopic (exact) mass is 425 g/mol. The minimum absolute atomic E-state index is 0.0864. The summed E-state index contributed by atoms with van der Waals surface area (Å²) in [5.74, 6) is -0.506. The second kappa shape index (κ2) is 8.30. The molecule has 3 rings (SSSR count). The SMILES string of the molecule is CCOCCn1c(=NC(=O)c2ccc([N+](=O)[O-])s2)sc2ccc(Cl)c(C)c21. The van der Waals surface area contributed by atoms with Crippen molar-refractivity contribution >= 4 is 55.4 Å². The summed E-state index contributed by atoms with van der Waals surface area (Å²) in [6.07, 6.45) is 0. The Morgan fingerprint density at radius 3 is 2.78 bits per heavy atom. The molecule has 7 nitrogen and oxygen atoms in total. The molecule has 0 aliphatic carbocycles. The number of thiazole rings is 1. The standard InChI is InChI=1S/C17H16ClN3O4S2/c1-3-25-9-8-20-15-10(2)11(18)4-5-12(15)27-17(20)19-16(22)13-6-7-14(26-13)21(23)24/h4-7H,3,8-9H2,1-2H3. The van der Waals surface area contributed by atoms with E-state index >= 15 is 0 Å². The lowest BCUT2D eigenvalue weighted by Gasteiger charge is -2.08. The van der Waals surface area contributed by atoms with Crippen LogP contribution in [0, 0.1) is 17.0 Å². The Labute approximate surface area is 167 Å². The number of carbonyl (C=O) groups is 1. The normalized spacial score (nSPS) is 12.0. The van der Waals surface area contributed by atoms with Crippen molar-refractivity contribution in [1.82, 2.24) is 4.57 Å². The minimum atomic E-state index is -0.519. The van der Waals surface area contributed by atoms with Gasteiger partial charge >= 0.3 is 5.00 Å². The fourth-order valence-corrected chi connectivity index (χ4v) is 4.56. The molecular weight excluding hydrogens is 410 g/mol. The van der Waals surface area contributed by atoms with Crippen LogP contribution >= 0.6 is 34.3 Å². The van der Waals surface area contributed by atoms with Crippen LogP contribution in [0.4, 0.5) is 5.00 Å². The van der Waals surface area contributed by atoms with Crippen molar-refractivity contribution in [3.8, 4) is 0 Å². The van der Waals surface area contributed by atoms with Crippen molar-refractivity contribution in [2.24, 2.45) is 4.99 Å². The predicted molar refractivity (Wildman–Crippen MR) is 107 cm³/mol. The molecule has 0 aliphatic rings. The van der Waals surface area contributed by atoms with Gasteiger partial charge < -0.3 is 9.30 Å². The van der Waals surface area contributed by atoms with Gasteiger partial charge in [-0.05, 0) is 37.6 Å². The number of nitro groups is 1. The molecule has 2 aromatic heterocycles. The van der Waals surface area contributed by atoms with Gasteiger partial charge in [0.2, 0.25) is 0 Å². The second-order valence-corrected chi connectivity index (χ2v) is 8.04. The first-order valence-corrected chi connectivity index (χ1v) is 10.1. The van der Waals surface area contributed by atoms with Crippen LogP contribution in [0.25, 0.3) is 10.2 Å².